The first-order chi connectivity index (χ1) is 19.1. The van der Waals surface area contributed by atoms with Crippen molar-refractivity contribution < 1.29 is 19.1 Å². The summed E-state index contributed by atoms with van der Waals surface area (Å²) in [6.07, 6.45) is 14.4. The Kier molecular flexibility index (Phi) is 6.43. The number of ether oxygens (including phenoxy) is 1. The number of carbonyl (C=O) groups is 3. The number of aromatic nitrogens is 2. The average Bonchev–Trinajstić information content (AvgIpc) is 3.44. The highest BCUT2D eigenvalue weighted by Crippen LogP contribution is 2.75. The number of nitrogens with zero attached hydrogens (tertiary/aromatic N) is 2. The monoisotopic (exact) mass is 562 g/mol. The van der Waals surface area contributed by atoms with Crippen molar-refractivity contribution in [1.82, 2.24) is 9.55 Å². The molecule has 5 aliphatic carbocycles. The van der Waals surface area contributed by atoms with Gasteiger partial charge in [0.1, 0.15) is 12.4 Å². The molecule has 0 bridgehead atoms. The molecule has 1 heterocycles. The fourth-order valence-corrected chi connectivity index (χ4v) is 11.7. The van der Waals surface area contributed by atoms with Gasteiger partial charge in [-0.3, -0.25) is 19.0 Å². The topological polar surface area (TPSA) is 78.3 Å². The summed E-state index contributed by atoms with van der Waals surface area (Å²) in [6, 6.07) is 0. The van der Waals surface area contributed by atoms with Gasteiger partial charge in [0, 0.05) is 25.2 Å². The van der Waals surface area contributed by atoms with Crippen LogP contribution in [0, 0.1) is 56.7 Å². The molecule has 41 heavy (non-hydrogen) atoms. The number of ketones is 1. The maximum atomic E-state index is 14.7. The van der Waals surface area contributed by atoms with Crippen LogP contribution in [-0.2, 0) is 14.3 Å². The number of esters is 1. The molecule has 6 rings (SSSR count). The van der Waals surface area contributed by atoms with Crippen molar-refractivity contribution in [2.24, 2.45) is 56.7 Å². The molecule has 0 N–H and O–H groups in total. The Morgan fingerprint density at radius 2 is 1.71 bits per heavy atom. The predicted octanol–water partition coefficient (Wildman–Crippen LogP) is 7.29. The highest BCUT2D eigenvalue weighted by atomic mass is 16.5. The summed E-state index contributed by atoms with van der Waals surface area (Å²) in [4.78, 5) is 45.3. The lowest BCUT2D eigenvalue weighted by Gasteiger charge is -2.70. The molecule has 4 saturated carbocycles. The molecular formula is C35H50N2O4. The summed E-state index contributed by atoms with van der Waals surface area (Å²) >= 11 is 0. The van der Waals surface area contributed by atoms with E-state index in [1.165, 1.54) is 31.8 Å². The second kappa shape index (κ2) is 9.13. The molecule has 1 aromatic heterocycles. The predicted molar refractivity (Wildman–Crippen MR) is 158 cm³/mol. The van der Waals surface area contributed by atoms with Crippen LogP contribution in [0.5, 0.6) is 0 Å². The lowest BCUT2D eigenvalue weighted by Crippen LogP contribution is -2.68. The van der Waals surface area contributed by atoms with E-state index < -0.39 is 11.5 Å². The zero-order valence-corrected chi connectivity index (χ0v) is 26.5. The third-order valence-electron chi connectivity index (χ3n) is 14.2. The number of hydrogen-bond donors (Lipinski definition) is 0. The Bertz CT molecular complexity index is 1300. The fourth-order valence-electron chi connectivity index (χ4n) is 11.7. The maximum Gasteiger partial charge on any atom is 0.302 e. The molecule has 0 amide bonds. The van der Waals surface area contributed by atoms with Crippen LogP contribution in [0.4, 0.5) is 0 Å². The number of imidazole rings is 1. The fraction of sp³-hybridized carbons (Fsp3) is 0.771. The second-order valence-corrected chi connectivity index (χ2v) is 16.0. The Morgan fingerprint density at radius 3 is 2.37 bits per heavy atom. The van der Waals surface area contributed by atoms with Crippen LogP contribution in [-0.4, -0.2) is 33.3 Å². The summed E-state index contributed by atoms with van der Waals surface area (Å²) in [7, 11) is 0. The van der Waals surface area contributed by atoms with Gasteiger partial charge in [0.25, 0.3) is 0 Å². The summed E-state index contributed by atoms with van der Waals surface area (Å²) in [5, 5.41) is 0. The Balaban J connectivity index is 1.47. The minimum atomic E-state index is -0.954. The third kappa shape index (κ3) is 3.67. The average molecular weight is 563 g/mol. The molecule has 0 spiro atoms. The van der Waals surface area contributed by atoms with Gasteiger partial charge in [0.15, 0.2) is 5.78 Å². The van der Waals surface area contributed by atoms with Crippen LogP contribution in [0.3, 0.4) is 0 Å². The summed E-state index contributed by atoms with van der Waals surface area (Å²) in [6.45, 7) is 17.9. The Hall–Kier alpha value is -2.24. The van der Waals surface area contributed by atoms with Crippen LogP contribution in [0.1, 0.15) is 112 Å². The molecule has 0 aromatic carbocycles. The van der Waals surface area contributed by atoms with E-state index in [-0.39, 0.29) is 51.2 Å². The molecule has 4 fully saturated rings. The number of allylic oxidation sites excluding steroid dienone is 2. The molecule has 11 atom stereocenters. The standard InChI is InChI=1S/C35H50N2O4/c1-21-9-12-31(4)15-16-33(6)24(28(31)22(21)2)19-25(39)29-32(5)13-11-27(41-23(3)38)35(8,26(32)10-14-34(29,33)7)30(40)37-18-17-36-20-37/h17-22,26-29H,9-16H2,1-8H3/t21-,22+,26?,27-,28?,29?,31-,32+,33-,34-,35-/m1/s1. The zero-order chi connectivity index (χ0) is 29.8. The molecule has 6 heteroatoms. The van der Waals surface area contributed by atoms with Crippen molar-refractivity contribution in [2.75, 3.05) is 0 Å². The van der Waals surface area contributed by atoms with E-state index in [1.54, 1.807) is 23.3 Å². The molecule has 0 aliphatic heterocycles. The van der Waals surface area contributed by atoms with E-state index in [1.807, 2.05) is 6.92 Å². The minimum Gasteiger partial charge on any atom is -0.461 e. The minimum absolute atomic E-state index is 0.0491. The van der Waals surface area contributed by atoms with Crippen molar-refractivity contribution in [1.29, 1.82) is 0 Å². The van der Waals surface area contributed by atoms with Crippen LogP contribution in [0.2, 0.25) is 0 Å². The smallest absolute Gasteiger partial charge is 0.302 e. The van der Waals surface area contributed by atoms with Gasteiger partial charge in [-0.15, -0.1) is 0 Å². The SMILES string of the molecule is CC(=O)O[C@@H]1CC[C@@]2(C)C(CC[C@]3(C)C2C(=O)C=C2C4[C@@H](C)[C@H](C)CC[C@]4(C)CC[C@]23C)[C@@]1(C)C(=O)n1ccnc1. The lowest BCUT2D eigenvalue weighted by molar-refractivity contribution is -0.205. The molecule has 0 saturated heterocycles. The first-order valence-corrected chi connectivity index (χ1v) is 16.1. The van der Waals surface area contributed by atoms with Gasteiger partial charge < -0.3 is 4.74 Å². The van der Waals surface area contributed by atoms with Crippen molar-refractivity contribution in [3.05, 3.63) is 30.4 Å². The van der Waals surface area contributed by atoms with Crippen LogP contribution >= 0.6 is 0 Å². The quantitative estimate of drug-likeness (QED) is 0.354. The van der Waals surface area contributed by atoms with E-state index in [0.717, 1.165) is 25.7 Å². The first kappa shape index (κ1) is 28.9. The van der Waals surface area contributed by atoms with Crippen molar-refractivity contribution in [2.45, 2.75) is 113 Å². The first-order valence-electron chi connectivity index (χ1n) is 16.1. The second-order valence-electron chi connectivity index (χ2n) is 16.0. The van der Waals surface area contributed by atoms with Crippen LogP contribution < -0.4 is 0 Å². The number of hydrogen-bond acceptors (Lipinski definition) is 5. The third-order valence-corrected chi connectivity index (χ3v) is 14.2. The maximum absolute atomic E-state index is 14.7. The lowest BCUT2D eigenvalue weighted by atomic mass is 9.33. The molecular weight excluding hydrogens is 512 g/mol. The zero-order valence-electron chi connectivity index (χ0n) is 26.5. The van der Waals surface area contributed by atoms with Crippen molar-refractivity contribution in [3.63, 3.8) is 0 Å². The van der Waals surface area contributed by atoms with Crippen LogP contribution in [0.25, 0.3) is 0 Å². The molecule has 224 valence electrons. The van der Waals surface area contributed by atoms with Gasteiger partial charge >= 0.3 is 5.97 Å². The van der Waals surface area contributed by atoms with E-state index >= 15 is 0 Å². The molecule has 6 nitrogen and oxygen atoms in total. The normalized spacial score (nSPS) is 49.1. The van der Waals surface area contributed by atoms with E-state index in [2.05, 4.69) is 52.6 Å². The summed E-state index contributed by atoms with van der Waals surface area (Å²) in [5.74, 6) is 1.23. The van der Waals surface area contributed by atoms with Gasteiger partial charge in [-0.1, -0.05) is 47.1 Å². The largest absolute Gasteiger partial charge is 0.461 e. The van der Waals surface area contributed by atoms with E-state index in [0.29, 0.717) is 24.2 Å². The van der Waals surface area contributed by atoms with Gasteiger partial charge in [0.2, 0.25) is 5.91 Å². The van der Waals surface area contributed by atoms with Crippen LogP contribution in [0.15, 0.2) is 30.4 Å². The highest BCUT2D eigenvalue weighted by molar-refractivity contribution is 5.96. The molecule has 1 aromatic rings. The van der Waals surface area contributed by atoms with Crippen molar-refractivity contribution in [3.8, 4) is 0 Å². The number of fused-ring (bicyclic) bond motifs is 7. The Morgan fingerprint density at radius 1 is 0.976 bits per heavy atom. The van der Waals surface area contributed by atoms with E-state index in [9.17, 15) is 14.4 Å². The summed E-state index contributed by atoms with van der Waals surface area (Å²) in [5.41, 5.74) is 0.121. The summed E-state index contributed by atoms with van der Waals surface area (Å²) < 4.78 is 7.46. The number of rotatable bonds is 2. The number of carbonyl (C=O) groups excluding carboxylic acids is 3. The van der Waals surface area contributed by atoms with Gasteiger partial charge in [-0.05, 0) is 110 Å². The van der Waals surface area contributed by atoms with E-state index in [4.69, 9.17) is 4.74 Å². The molecule has 3 unspecified atom stereocenters. The molecule has 5 aliphatic rings. The molecule has 0 radical (unpaired) electrons. The highest BCUT2D eigenvalue weighted by Gasteiger charge is 2.72. The van der Waals surface area contributed by atoms with Gasteiger partial charge in [-0.2, -0.15) is 0 Å². The van der Waals surface area contributed by atoms with Crippen molar-refractivity contribution >= 4 is 17.7 Å². The van der Waals surface area contributed by atoms with Gasteiger partial charge in [-0.25, -0.2) is 4.98 Å². The van der Waals surface area contributed by atoms with Gasteiger partial charge in [0.05, 0.1) is 5.41 Å². The Labute approximate surface area is 246 Å².